The van der Waals surface area contributed by atoms with Crippen LogP contribution in [0, 0.1) is 5.92 Å². The van der Waals surface area contributed by atoms with Gasteiger partial charge in [-0.3, -0.25) is 14.4 Å². The number of hydrogen-bond donors (Lipinski definition) is 1. The Morgan fingerprint density at radius 1 is 1.00 bits per heavy atom. The van der Waals surface area contributed by atoms with Gasteiger partial charge in [0.05, 0.1) is 17.7 Å². The third-order valence-corrected chi connectivity index (χ3v) is 8.82. The molecule has 1 N–H and O–H groups in total. The Kier molecular flexibility index (Phi) is 5.96. The SMILES string of the molecule is COc1ccc(S(=O)(=O)Nc2ccc(=O)n3c2C2CC(CN(C4CCN(C)CC4)C2)C3)cc1. The first-order chi connectivity index (χ1) is 15.8. The number of nitrogens with zero attached hydrogens (tertiary/aromatic N) is 3. The van der Waals surface area contributed by atoms with Crippen LogP contribution in [0.2, 0.25) is 0 Å². The van der Waals surface area contributed by atoms with E-state index in [2.05, 4.69) is 21.6 Å². The number of benzene rings is 1. The molecule has 2 fully saturated rings. The van der Waals surface area contributed by atoms with Gasteiger partial charge in [-0.2, -0.15) is 0 Å². The Labute approximate surface area is 195 Å². The molecule has 1 aromatic carbocycles. The lowest BCUT2D eigenvalue weighted by molar-refractivity contribution is 0.0519. The molecule has 3 aliphatic rings. The summed E-state index contributed by atoms with van der Waals surface area (Å²) in [4.78, 5) is 17.9. The number of nitrogens with one attached hydrogen (secondary N) is 1. The summed E-state index contributed by atoms with van der Waals surface area (Å²) in [6.45, 7) is 4.75. The largest absolute Gasteiger partial charge is 0.497 e. The molecular formula is C24H32N4O4S. The lowest BCUT2D eigenvalue weighted by Gasteiger charge is -2.47. The van der Waals surface area contributed by atoms with Crippen LogP contribution in [0.3, 0.4) is 0 Å². The Balaban J connectivity index is 1.44. The summed E-state index contributed by atoms with van der Waals surface area (Å²) in [5, 5.41) is 0. The van der Waals surface area contributed by atoms with Gasteiger partial charge in [0.25, 0.3) is 15.6 Å². The van der Waals surface area contributed by atoms with E-state index < -0.39 is 10.0 Å². The van der Waals surface area contributed by atoms with Gasteiger partial charge in [0.15, 0.2) is 0 Å². The van der Waals surface area contributed by atoms with Gasteiger partial charge in [-0.05, 0) is 75.6 Å². The van der Waals surface area contributed by atoms with Crippen LogP contribution in [0.25, 0.3) is 0 Å². The second kappa shape index (κ2) is 8.77. The van der Waals surface area contributed by atoms with Crippen molar-refractivity contribution in [1.82, 2.24) is 14.4 Å². The fraction of sp³-hybridized carbons (Fsp3) is 0.542. The smallest absolute Gasteiger partial charge is 0.261 e. The standard InChI is InChI=1S/C24H32N4O4S/c1-26-11-9-19(10-12-26)27-14-17-13-18(16-27)24-22(7-8-23(29)28(24)15-17)25-33(30,31)21-5-3-20(32-2)4-6-21/h3-8,17-19,25H,9-16H2,1-2H3. The summed E-state index contributed by atoms with van der Waals surface area (Å²) in [7, 11) is -0.0766. The maximum atomic E-state index is 13.1. The van der Waals surface area contributed by atoms with Crippen LogP contribution in [0.4, 0.5) is 5.69 Å². The number of piperidine rings is 2. The zero-order chi connectivity index (χ0) is 23.2. The van der Waals surface area contributed by atoms with E-state index in [1.54, 1.807) is 29.9 Å². The summed E-state index contributed by atoms with van der Waals surface area (Å²) in [5.41, 5.74) is 1.28. The van der Waals surface area contributed by atoms with Gasteiger partial charge in [0.2, 0.25) is 0 Å². The second-order valence-corrected chi connectivity index (χ2v) is 11.3. The highest BCUT2D eigenvalue weighted by molar-refractivity contribution is 7.92. The number of aromatic nitrogens is 1. The molecule has 0 saturated carbocycles. The van der Waals surface area contributed by atoms with Gasteiger partial charge in [-0.1, -0.05) is 0 Å². The molecule has 0 aliphatic carbocycles. The van der Waals surface area contributed by atoms with Crippen molar-refractivity contribution in [3.8, 4) is 5.75 Å². The number of sulfonamides is 1. The zero-order valence-corrected chi connectivity index (χ0v) is 20.1. The third kappa shape index (κ3) is 4.41. The Hall–Kier alpha value is -2.36. The molecule has 0 spiro atoms. The minimum Gasteiger partial charge on any atom is -0.497 e. The molecule has 2 unspecified atom stereocenters. The van der Waals surface area contributed by atoms with Crippen LogP contribution >= 0.6 is 0 Å². The zero-order valence-electron chi connectivity index (χ0n) is 19.2. The number of pyridine rings is 1. The van der Waals surface area contributed by atoms with Crippen LogP contribution in [0.15, 0.2) is 46.1 Å². The molecule has 4 heterocycles. The highest BCUT2D eigenvalue weighted by Gasteiger charge is 2.39. The molecule has 8 nitrogen and oxygen atoms in total. The maximum Gasteiger partial charge on any atom is 0.261 e. The lowest BCUT2D eigenvalue weighted by Crippen LogP contribution is -2.53. The number of anilines is 1. The highest BCUT2D eigenvalue weighted by atomic mass is 32.2. The first kappa shape index (κ1) is 22.4. The van der Waals surface area contributed by atoms with Crippen LogP contribution in [-0.4, -0.2) is 69.2 Å². The summed E-state index contributed by atoms with van der Waals surface area (Å²) in [5.74, 6) is 1.15. The molecule has 3 aliphatic heterocycles. The van der Waals surface area contributed by atoms with E-state index >= 15 is 0 Å². The predicted octanol–water partition coefficient (Wildman–Crippen LogP) is 2.17. The summed E-state index contributed by atoms with van der Waals surface area (Å²) < 4.78 is 36.0. The first-order valence-electron chi connectivity index (χ1n) is 11.7. The predicted molar refractivity (Wildman–Crippen MR) is 127 cm³/mol. The first-order valence-corrected chi connectivity index (χ1v) is 13.2. The summed E-state index contributed by atoms with van der Waals surface area (Å²) >= 11 is 0. The molecule has 0 radical (unpaired) electrons. The van der Waals surface area contributed by atoms with Crippen LogP contribution in [0.5, 0.6) is 5.75 Å². The fourth-order valence-electron chi connectivity index (χ4n) is 5.76. The number of hydrogen-bond acceptors (Lipinski definition) is 6. The summed E-state index contributed by atoms with van der Waals surface area (Å²) in [6.07, 6.45) is 3.31. The maximum absolute atomic E-state index is 13.1. The second-order valence-electron chi connectivity index (χ2n) is 9.65. The molecule has 9 heteroatoms. The summed E-state index contributed by atoms with van der Waals surface area (Å²) in [6, 6.07) is 9.99. The average Bonchev–Trinajstić information content (AvgIpc) is 2.81. The van der Waals surface area contributed by atoms with E-state index in [1.807, 2.05) is 0 Å². The third-order valence-electron chi connectivity index (χ3n) is 7.44. The quantitative estimate of drug-likeness (QED) is 0.718. The van der Waals surface area contributed by atoms with E-state index in [-0.39, 0.29) is 16.4 Å². The molecular weight excluding hydrogens is 440 g/mol. The number of rotatable bonds is 5. The van der Waals surface area contributed by atoms with E-state index in [0.29, 0.717) is 29.9 Å². The van der Waals surface area contributed by atoms with Gasteiger partial charge in [-0.25, -0.2) is 8.42 Å². The minimum absolute atomic E-state index is 0.0557. The molecule has 2 atom stereocenters. The monoisotopic (exact) mass is 472 g/mol. The van der Waals surface area contributed by atoms with Crippen LogP contribution < -0.4 is 15.0 Å². The van der Waals surface area contributed by atoms with Crippen molar-refractivity contribution in [2.24, 2.45) is 5.92 Å². The number of methoxy groups -OCH3 is 1. The number of likely N-dealkylation sites (tertiary alicyclic amines) is 2. The van der Waals surface area contributed by atoms with Gasteiger partial charge in [0, 0.05) is 43.4 Å². The van der Waals surface area contributed by atoms with Crippen LogP contribution in [0.1, 0.15) is 30.9 Å². The van der Waals surface area contributed by atoms with Crippen molar-refractivity contribution in [2.75, 3.05) is 45.1 Å². The normalized spacial score (nSPS) is 24.3. The van der Waals surface area contributed by atoms with E-state index in [4.69, 9.17) is 4.74 Å². The van der Waals surface area contributed by atoms with Crippen LogP contribution in [-0.2, 0) is 16.6 Å². The molecule has 5 rings (SSSR count). The molecule has 2 aromatic rings. The number of fused-ring (bicyclic) bond motifs is 4. The van der Waals surface area contributed by atoms with Crippen molar-refractivity contribution < 1.29 is 13.2 Å². The van der Waals surface area contributed by atoms with Gasteiger partial charge < -0.3 is 14.2 Å². The van der Waals surface area contributed by atoms with Crippen molar-refractivity contribution in [1.29, 1.82) is 0 Å². The molecule has 1 aromatic heterocycles. The van der Waals surface area contributed by atoms with Gasteiger partial charge in [0.1, 0.15) is 5.75 Å². The fourth-order valence-corrected chi connectivity index (χ4v) is 6.83. The Morgan fingerprint density at radius 3 is 2.42 bits per heavy atom. The minimum atomic E-state index is -3.79. The number of ether oxygens (including phenoxy) is 1. The molecule has 178 valence electrons. The van der Waals surface area contributed by atoms with E-state index in [9.17, 15) is 13.2 Å². The Bertz CT molecular complexity index is 1170. The average molecular weight is 473 g/mol. The lowest BCUT2D eigenvalue weighted by atomic mass is 9.81. The molecule has 2 bridgehead atoms. The van der Waals surface area contributed by atoms with Crippen molar-refractivity contribution in [2.45, 2.75) is 42.7 Å². The Morgan fingerprint density at radius 2 is 1.73 bits per heavy atom. The molecule has 33 heavy (non-hydrogen) atoms. The van der Waals surface area contributed by atoms with E-state index in [1.165, 1.54) is 18.2 Å². The molecule has 2 saturated heterocycles. The van der Waals surface area contributed by atoms with Crippen molar-refractivity contribution in [3.05, 3.63) is 52.4 Å². The van der Waals surface area contributed by atoms with Crippen molar-refractivity contribution in [3.63, 3.8) is 0 Å². The molecule has 0 amide bonds. The van der Waals surface area contributed by atoms with E-state index in [0.717, 1.165) is 51.1 Å². The van der Waals surface area contributed by atoms with Crippen molar-refractivity contribution >= 4 is 15.7 Å². The van der Waals surface area contributed by atoms with Gasteiger partial charge >= 0.3 is 0 Å². The highest BCUT2D eigenvalue weighted by Crippen LogP contribution is 2.40. The topological polar surface area (TPSA) is 83.9 Å². The van der Waals surface area contributed by atoms with Gasteiger partial charge in [-0.15, -0.1) is 0 Å².